The van der Waals surface area contributed by atoms with Crippen LogP contribution in [0.15, 0.2) is 0 Å². The summed E-state index contributed by atoms with van der Waals surface area (Å²) in [5, 5.41) is 12.0. The van der Waals surface area contributed by atoms with Crippen molar-refractivity contribution >= 4 is 12.0 Å². The van der Waals surface area contributed by atoms with Gasteiger partial charge in [0.1, 0.15) is 0 Å². The molecule has 21 heavy (non-hydrogen) atoms. The van der Waals surface area contributed by atoms with Gasteiger partial charge in [0.15, 0.2) is 0 Å². The zero-order valence-electron chi connectivity index (χ0n) is 13.2. The average molecular weight is 296 g/mol. The third-order valence-corrected chi connectivity index (χ3v) is 5.38. The first-order valence-corrected chi connectivity index (χ1v) is 8.26. The van der Waals surface area contributed by atoms with Gasteiger partial charge in [-0.3, -0.25) is 4.79 Å². The van der Waals surface area contributed by atoms with Crippen LogP contribution in [0.4, 0.5) is 4.79 Å². The van der Waals surface area contributed by atoms with E-state index in [1.54, 1.807) is 11.8 Å². The molecule has 1 atom stereocenters. The first kappa shape index (κ1) is 16.1. The van der Waals surface area contributed by atoms with Gasteiger partial charge in [0.25, 0.3) is 0 Å². The number of nitrogens with zero attached hydrogens (tertiary/aromatic N) is 1. The van der Waals surface area contributed by atoms with Crippen molar-refractivity contribution in [3.63, 3.8) is 0 Å². The summed E-state index contributed by atoms with van der Waals surface area (Å²) in [5.74, 6) is 0.469. The lowest BCUT2D eigenvalue weighted by atomic mass is 9.81. The summed E-state index contributed by atoms with van der Waals surface area (Å²) in [6.07, 6.45) is 6.29. The number of amides is 2. The fourth-order valence-electron chi connectivity index (χ4n) is 3.38. The molecule has 1 saturated carbocycles. The number of hydrogen-bond acceptors (Lipinski definition) is 2. The maximum Gasteiger partial charge on any atom is 0.317 e. The Morgan fingerprint density at radius 1 is 1.19 bits per heavy atom. The minimum Gasteiger partial charge on any atom is -0.481 e. The molecule has 0 radical (unpaired) electrons. The highest BCUT2D eigenvalue weighted by Gasteiger charge is 2.37. The van der Waals surface area contributed by atoms with E-state index in [0.717, 1.165) is 12.5 Å². The fraction of sp³-hybridized carbons (Fsp3) is 0.875. The fourth-order valence-corrected chi connectivity index (χ4v) is 3.38. The summed E-state index contributed by atoms with van der Waals surface area (Å²) < 4.78 is 0. The quantitative estimate of drug-likeness (QED) is 0.819. The predicted octanol–water partition coefficient (Wildman–Crippen LogP) is 2.56. The molecule has 0 bridgehead atoms. The second-order valence-electron chi connectivity index (χ2n) is 6.77. The van der Waals surface area contributed by atoms with Gasteiger partial charge in [-0.15, -0.1) is 0 Å². The van der Waals surface area contributed by atoms with E-state index in [9.17, 15) is 9.59 Å². The van der Waals surface area contributed by atoms with E-state index in [1.165, 1.54) is 32.1 Å². The van der Waals surface area contributed by atoms with Crippen LogP contribution >= 0.6 is 0 Å². The number of rotatable bonds is 5. The van der Waals surface area contributed by atoms with Crippen molar-refractivity contribution in [2.24, 2.45) is 23.7 Å². The highest BCUT2D eigenvalue weighted by molar-refractivity contribution is 5.76. The van der Waals surface area contributed by atoms with E-state index in [0.29, 0.717) is 19.0 Å². The molecule has 0 aromatic heterocycles. The molecule has 2 amide bonds. The molecule has 0 spiro atoms. The molecular formula is C16H28N2O3. The zero-order chi connectivity index (χ0) is 15.4. The standard InChI is InChI=1S/C16H28N2O3/c1-3-12-4-6-13(7-5-12)8-17-16(21)18-9-14(10-18)11(2)15(19)20/h11-14H,3-10H2,1-2H3,(H,17,21)(H,19,20). The van der Waals surface area contributed by atoms with Crippen LogP contribution in [0, 0.1) is 23.7 Å². The third-order valence-electron chi connectivity index (χ3n) is 5.38. The molecule has 0 aromatic carbocycles. The van der Waals surface area contributed by atoms with Crippen molar-refractivity contribution in [1.29, 1.82) is 0 Å². The molecule has 2 aliphatic rings. The minimum absolute atomic E-state index is 0.0264. The number of carbonyl (C=O) groups is 2. The number of carboxylic acids is 1. The largest absolute Gasteiger partial charge is 0.481 e. The maximum absolute atomic E-state index is 12.0. The summed E-state index contributed by atoms with van der Waals surface area (Å²) in [4.78, 5) is 24.6. The Balaban J connectivity index is 1.62. The Kier molecular flexibility index (Phi) is 5.48. The van der Waals surface area contributed by atoms with E-state index in [-0.39, 0.29) is 17.9 Å². The molecule has 1 aliphatic carbocycles. The molecule has 1 unspecified atom stereocenters. The monoisotopic (exact) mass is 296 g/mol. The van der Waals surface area contributed by atoms with Crippen LogP contribution in [0.1, 0.15) is 46.0 Å². The van der Waals surface area contributed by atoms with E-state index in [1.807, 2.05) is 0 Å². The van der Waals surface area contributed by atoms with Crippen LogP contribution in [0.3, 0.4) is 0 Å². The molecule has 2 fully saturated rings. The van der Waals surface area contributed by atoms with Crippen molar-refractivity contribution in [3.8, 4) is 0 Å². The molecule has 1 heterocycles. The molecule has 0 aromatic rings. The van der Waals surface area contributed by atoms with Gasteiger partial charge in [-0.25, -0.2) is 4.79 Å². The van der Waals surface area contributed by atoms with Gasteiger partial charge < -0.3 is 15.3 Å². The third kappa shape index (κ3) is 4.11. The molecule has 2 N–H and O–H groups in total. The van der Waals surface area contributed by atoms with Crippen LogP contribution in [0.25, 0.3) is 0 Å². The Hall–Kier alpha value is -1.26. The lowest BCUT2D eigenvalue weighted by Crippen LogP contribution is -2.56. The van der Waals surface area contributed by atoms with Gasteiger partial charge in [-0.1, -0.05) is 33.1 Å². The minimum atomic E-state index is -0.771. The van der Waals surface area contributed by atoms with Crippen molar-refractivity contribution in [3.05, 3.63) is 0 Å². The molecule has 5 nitrogen and oxygen atoms in total. The van der Waals surface area contributed by atoms with E-state index in [2.05, 4.69) is 12.2 Å². The average Bonchev–Trinajstić information content (AvgIpc) is 2.43. The first-order chi connectivity index (χ1) is 10.0. The summed E-state index contributed by atoms with van der Waals surface area (Å²) in [6.45, 7) is 5.88. The highest BCUT2D eigenvalue weighted by Crippen LogP contribution is 2.30. The van der Waals surface area contributed by atoms with Crippen molar-refractivity contribution < 1.29 is 14.7 Å². The SMILES string of the molecule is CCC1CCC(CNC(=O)N2CC(C(C)C(=O)O)C2)CC1. The number of aliphatic carboxylic acids is 1. The molecule has 1 aliphatic heterocycles. The highest BCUT2D eigenvalue weighted by atomic mass is 16.4. The summed E-state index contributed by atoms with van der Waals surface area (Å²) >= 11 is 0. The van der Waals surface area contributed by atoms with Crippen LogP contribution in [0.2, 0.25) is 0 Å². The van der Waals surface area contributed by atoms with Gasteiger partial charge in [0, 0.05) is 25.6 Å². The predicted molar refractivity (Wildman–Crippen MR) is 81.0 cm³/mol. The molecular weight excluding hydrogens is 268 g/mol. The Labute approximate surface area is 127 Å². The van der Waals surface area contributed by atoms with Crippen molar-refractivity contribution in [1.82, 2.24) is 10.2 Å². The van der Waals surface area contributed by atoms with Crippen molar-refractivity contribution in [2.45, 2.75) is 46.0 Å². The first-order valence-electron chi connectivity index (χ1n) is 8.26. The van der Waals surface area contributed by atoms with Crippen LogP contribution < -0.4 is 5.32 Å². The van der Waals surface area contributed by atoms with Crippen LogP contribution in [-0.2, 0) is 4.79 Å². The summed E-state index contributed by atoms with van der Waals surface area (Å²) in [5.41, 5.74) is 0. The van der Waals surface area contributed by atoms with Gasteiger partial charge in [-0.05, 0) is 24.7 Å². The number of urea groups is 1. The van der Waals surface area contributed by atoms with Crippen LogP contribution in [-0.4, -0.2) is 41.6 Å². The Morgan fingerprint density at radius 3 is 2.29 bits per heavy atom. The topological polar surface area (TPSA) is 69.6 Å². The second-order valence-corrected chi connectivity index (χ2v) is 6.77. The number of hydrogen-bond donors (Lipinski definition) is 2. The second kappa shape index (κ2) is 7.14. The van der Waals surface area contributed by atoms with Gasteiger partial charge in [-0.2, -0.15) is 0 Å². The lowest BCUT2D eigenvalue weighted by molar-refractivity contribution is -0.144. The zero-order valence-corrected chi connectivity index (χ0v) is 13.2. The maximum atomic E-state index is 12.0. The van der Waals surface area contributed by atoms with Gasteiger partial charge in [0.05, 0.1) is 5.92 Å². The smallest absolute Gasteiger partial charge is 0.317 e. The Bertz CT molecular complexity index is 372. The molecule has 120 valence electrons. The van der Waals surface area contributed by atoms with Crippen LogP contribution in [0.5, 0.6) is 0 Å². The summed E-state index contributed by atoms with van der Waals surface area (Å²) in [6, 6.07) is -0.0264. The Morgan fingerprint density at radius 2 is 1.76 bits per heavy atom. The number of carbonyl (C=O) groups excluding carboxylic acids is 1. The van der Waals surface area contributed by atoms with Crippen molar-refractivity contribution in [2.75, 3.05) is 19.6 Å². The number of likely N-dealkylation sites (tertiary alicyclic amines) is 1. The molecule has 5 heteroatoms. The summed E-state index contributed by atoms with van der Waals surface area (Å²) in [7, 11) is 0. The molecule has 1 saturated heterocycles. The molecule has 2 rings (SSSR count). The normalized spacial score (nSPS) is 27.8. The number of carboxylic acid groups (broad SMARTS) is 1. The lowest BCUT2D eigenvalue weighted by Gasteiger charge is -2.41. The van der Waals surface area contributed by atoms with Gasteiger partial charge in [0.2, 0.25) is 0 Å². The van der Waals surface area contributed by atoms with E-state index in [4.69, 9.17) is 5.11 Å². The van der Waals surface area contributed by atoms with E-state index < -0.39 is 5.97 Å². The van der Waals surface area contributed by atoms with Gasteiger partial charge >= 0.3 is 12.0 Å². The number of nitrogens with one attached hydrogen (secondary N) is 1. The van der Waals surface area contributed by atoms with E-state index >= 15 is 0 Å².